The van der Waals surface area contributed by atoms with Crippen LogP contribution in [0.5, 0.6) is 5.75 Å². The van der Waals surface area contributed by atoms with Gasteiger partial charge in [0.1, 0.15) is 18.3 Å². The van der Waals surface area contributed by atoms with Gasteiger partial charge in [0.2, 0.25) is 0 Å². The number of carbonyl (C=O) groups excluding carboxylic acids is 1. The van der Waals surface area contributed by atoms with E-state index in [1.165, 1.54) is 5.56 Å². The zero-order chi connectivity index (χ0) is 12.0. The monoisotopic (exact) mass is 221 g/mol. The summed E-state index contributed by atoms with van der Waals surface area (Å²) in [6, 6.07) is 5.80. The maximum atomic E-state index is 11.2. The van der Waals surface area contributed by atoms with Crippen molar-refractivity contribution < 1.29 is 9.53 Å². The third kappa shape index (κ3) is 3.07. The zero-order valence-corrected chi connectivity index (χ0v) is 9.95. The number of rotatable bonds is 2. The molecule has 0 saturated heterocycles. The first-order chi connectivity index (χ1) is 7.79. The number of ether oxygens (including phenoxy) is 1. The molecule has 0 heterocycles. The SMILES string of the molecule is CC.NCOc1ccc2c(c1)CCC(=O)C2. The van der Waals surface area contributed by atoms with Crippen molar-refractivity contribution in [3.63, 3.8) is 0 Å². The second-order valence-electron chi connectivity index (χ2n) is 3.46. The van der Waals surface area contributed by atoms with Crippen molar-refractivity contribution in [1.29, 1.82) is 0 Å². The number of hydrogen-bond acceptors (Lipinski definition) is 3. The van der Waals surface area contributed by atoms with Gasteiger partial charge in [0.25, 0.3) is 0 Å². The second kappa shape index (κ2) is 6.28. The molecule has 0 aromatic heterocycles. The Hall–Kier alpha value is -1.35. The molecule has 88 valence electrons. The summed E-state index contributed by atoms with van der Waals surface area (Å²) in [5.41, 5.74) is 7.63. The largest absolute Gasteiger partial charge is 0.479 e. The Kier molecular flexibility index (Phi) is 4.99. The van der Waals surface area contributed by atoms with E-state index < -0.39 is 0 Å². The van der Waals surface area contributed by atoms with E-state index in [2.05, 4.69) is 0 Å². The Balaban J connectivity index is 0.000000606. The molecule has 2 N–H and O–H groups in total. The van der Waals surface area contributed by atoms with E-state index >= 15 is 0 Å². The highest BCUT2D eigenvalue weighted by Crippen LogP contribution is 2.23. The van der Waals surface area contributed by atoms with E-state index in [1.54, 1.807) is 0 Å². The van der Waals surface area contributed by atoms with E-state index in [4.69, 9.17) is 10.5 Å². The summed E-state index contributed by atoms with van der Waals surface area (Å²) in [7, 11) is 0. The van der Waals surface area contributed by atoms with Gasteiger partial charge in [0, 0.05) is 12.8 Å². The normalized spacial score (nSPS) is 13.6. The van der Waals surface area contributed by atoms with Crippen LogP contribution >= 0.6 is 0 Å². The molecule has 0 unspecified atom stereocenters. The maximum Gasteiger partial charge on any atom is 0.137 e. The number of carbonyl (C=O) groups is 1. The summed E-state index contributed by atoms with van der Waals surface area (Å²) < 4.78 is 5.19. The Labute approximate surface area is 96.6 Å². The Morgan fingerprint density at radius 1 is 1.25 bits per heavy atom. The van der Waals surface area contributed by atoms with E-state index in [0.717, 1.165) is 17.7 Å². The molecule has 3 heteroatoms. The summed E-state index contributed by atoms with van der Waals surface area (Å²) in [5, 5.41) is 0. The minimum absolute atomic E-state index is 0.192. The van der Waals surface area contributed by atoms with Crippen molar-refractivity contribution in [2.24, 2.45) is 5.73 Å². The number of ketones is 1. The summed E-state index contributed by atoms with van der Waals surface area (Å²) in [4.78, 5) is 11.2. The van der Waals surface area contributed by atoms with Crippen molar-refractivity contribution in [1.82, 2.24) is 0 Å². The standard InChI is InChI=1S/C11H13NO2.C2H6/c12-7-14-11-4-2-8-5-10(13)3-1-9(8)6-11;1-2/h2,4,6H,1,3,5,7,12H2;1-2H3. The average molecular weight is 221 g/mol. The number of benzene rings is 1. The van der Waals surface area contributed by atoms with Gasteiger partial charge in [-0.2, -0.15) is 0 Å². The lowest BCUT2D eigenvalue weighted by molar-refractivity contribution is -0.118. The van der Waals surface area contributed by atoms with Crippen LogP contribution in [0.15, 0.2) is 18.2 Å². The van der Waals surface area contributed by atoms with Gasteiger partial charge in [-0.3, -0.25) is 10.5 Å². The fourth-order valence-corrected chi connectivity index (χ4v) is 1.77. The number of fused-ring (bicyclic) bond motifs is 1. The summed E-state index contributed by atoms with van der Waals surface area (Å²) in [6.45, 7) is 4.19. The smallest absolute Gasteiger partial charge is 0.137 e. The molecule has 3 nitrogen and oxygen atoms in total. The lowest BCUT2D eigenvalue weighted by atomic mass is 9.91. The first kappa shape index (κ1) is 12.7. The molecule has 0 bridgehead atoms. The Bertz CT molecular complexity index is 361. The molecule has 16 heavy (non-hydrogen) atoms. The predicted molar refractivity (Wildman–Crippen MR) is 64.5 cm³/mol. The molecule has 0 aliphatic heterocycles. The first-order valence-corrected chi connectivity index (χ1v) is 5.76. The highest BCUT2D eigenvalue weighted by atomic mass is 16.5. The maximum absolute atomic E-state index is 11.2. The molecule has 0 spiro atoms. The van der Waals surface area contributed by atoms with Gasteiger partial charge in [-0.05, 0) is 29.7 Å². The van der Waals surface area contributed by atoms with Crippen molar-refractivity contribution in [2.45, 2.75) is 33.1 Å². The van der Waals surface area contributed by atoms with Crippen LogP contribution in [0.4, 0.5) is 0 Å². The average Bonchev–Trinajstić information content (AvgIpc) is 2.32. The summed E-state index contributed by atoms with van der Waals surface area (Å²) in [5.74, 6) is 1.12. The van der Waals surface area contributed by atoms with Crippen molar-refractivity contribution in [3.8, 4) is 5.75 Å². The van der Waals surface area contributed by atoms with Crippen LogP contribution in [0.25, 0.3) is 0 Å². The molecule has 1 aromatic carbocycles. The highest BCUT2D eigenvalue weighted by molar-refractivity contribution is 5.83. The molecule has 0 radical (unpaired) electrons. The highest BCUT2D eigenvalue weighted by Gasteiger charge is 2.15. The van der Waals surface area contributed by atoms with E-state index in [-0.39, 0.29) is 6.73 Å². The van der Waals surface area contributed by atoms with Crippen LogP contribution < -0.4 is 10.5 Å². The van der Waals surface area contributed by atoms with Gasteiger partial charge < -0.3 is 4.74 Å². The molecule has 2 rings (SSSR count). The summed E-state index contributed by atoms with van der Waals surface area (Å²) >= 11 is 0. The predicted octanol–water partition coefficient (Wildman–Crippen LogP) is 2.07. The molecule has 0 fully saturated rings. The van der Waals surface area contributed by atoms with Gasteiger partial charge in [0.15, 0.2) is 0 Å². The van der Waals surface area contributed by atoms with Crippen LogP contribution in [0.3, 0.4) is 0 Å². The number of aryl methyl sites for hydroxylation is 1. The van der Waals surface area contributed by atoms with Crippen LogP contribution in [-0.2, 0) is 17.6 Å². The fraction of sp³-hybridized carbons (Fsp3) is 0.462. The Morgan fingerprint density at radius 3 is 2.69 bits per heavy atom. The second-order valence-corrected chi connectivity index (χ2v) is 3.46. The quantitative estimate of drug-likeness (QED) is 0.778. The molecule has 1 aliphatic rings. The zero-order valence-electron chi connectivity index (χ0n) is 9.95. The minimum atomic E-state index is 0.192. The van der Waals surface area contributed by atoms with Gasteiger partial charge in [-0.1, -0.05) is 19.9 Å². The molecular weight excluding hydrogens is 202 g/mol. The number of Topliss-reactive ketones (excluding diaryl/α,β-unsaturated/α-hetero) is 1. The van der Waals surface area contributed by atoms with Crippen molar-refractivity contribution in [2.75, 3.05) is 6.73 Å². The number of hydrogen-bond donors (Lipinski definition) is 1. The molecular formula is C13H19NO2. The van der Waals surface area contributed by atoms with Gasteiger partial charge in [-0.15, -0.1) is 0 Å². The lowest BCUT2D eigenvalue weighted by Crippen LogP contribution is -2.14. The molecule has 0 saturated carbocycles. The first-order valence-electron chi connectivity index (χ1n) is 5.76. The van der Waals surface area contributed by atoms with E-state index in [1.807, 2.05) is 32.0 Å². The summed E-state index contributed by atoms with van der Waals surface area (Å²) in [6.07, 6.45) is 2.05. The third-order valence-corrected chi connectivity index (χ3v) is 2.49. The lowest BCUT2D eigenvalue weighted by Gasteiger charge is -2.15. The fourth-order valence-electron chi connectivity index (χ4n) is 1.77. The molecule has 0 atom stereocenters. The van der Waals surface area contributed by atoms with E-state index in [9.17, 15) is 4.79 Å². The topological polar surface area (TPSA) is 52.3 Å². The van der Waals surface area contributed by atoms with Crippen LogP contribution in [0.1, 0.15) is 31.4 Å². The van der Waals surface area contributed by atoms with Crippen LogP contribution in [0.2, 0.25) is 0 Å². The van der Waals surface area contributed by atoms with Crippen LogP contribution in [0, 0.1) is 0 Å². The van der Waals surface area contributed by atoms with Crippen LogP contribution in [-0.4, -0.2) is 12.5 Å². The molecule has 0 amide bonds. The van der Waals surface area contributed by atoms with Crippen molar-refractivity contribution >= 4 is 5.78 Å². The third-order valence-electron chi connectivity index (χ3n) is 2.49. The van der Waals surface area contributed by atoms with Crippen molar-refractivity contribution in [3.05, 3.63) is 29.3 Å². The molecule has 1 aliphatic carbocycles. The van der Waals surface area contributed by atoms with Gasteiger partial charge >= 0.3 is 0 Å². The molecule has 1 aromatic rings. The van der Waals surface area contributed by atoms with E-state index in [0.29, 0.717) is 18.6 Å². The van der Waals surface area contributed by atoms with Gasteiger partial charge in [0.05, 0.1) is 0 Å². The number of nitrogens with two attached hydrogens (primary N) is 1. The van der Waals surface area contributed by atoms with Gasteiger partial charge in [-0.25, -0.2) is 0 Å². The Morgan fingerprint density at radius 2 is 2.00 bits per heavy atom. The minimum Gasteiger partial charge on any atom is -0.479 e.